The van der Waals surface area contributed by atoms with Gasteiger partial charge in [-0.05, 0) is 43.0 Å². The van der Waals surface area contributed by atoms with Crippen LogP contribution in [0.3, 0.4) is 0 Å². The summed E-state index contributed by atoms with van der Waals surface area (Å²) in [6.07, 6.45) is 1.21. The Hall–Kier alpha value is -4.26. The van der Waals surface area contributed by atoms with E-state index in [1.807, 2.05) is 6.92 Å². The average Bonchev–Trinajstić information content (AvgIpc) is 2.90. The number of carbonyl (C=O) groups is 4. The maximum Gasteiger partial charge on any atom is 0.303 e. The maximum absolute atomic E-state index is 13.7. The summed E-state index contributed by atoms with van der Waals surface area (Å²) in [4.78, 5) is 51.1. The van der Waals surface area contributed by atoms with E-state index < -0.39 is 5.97 Å². The predicted molar refractivity (Wildman–Crippen MR) is 137 cm³/mol. The summed E-state index contributed by atoms with van der Waals surface area (Å²) in [5.74, 6) is -0.565. The number of hydrogen-bond acceptors (Lipinski definition) is 6. The number of fused-ring (bicyclic) bond motifs is 2. The second-order valence-corrected chi connectivity index (χ2v) is 9.00. The number of methoxy groups -OCH3 is 2. The summed E-state index contributed by atoms with van der Waals surface area (Å²) in [6, 6.07) is 13.6. The monoisotopic (exact) mass is 500 g/mol. The normalized spacial score (nSPS) is 12.1. The molecule has 37 heavy (non-hydrogen) atoms. The van der Waals surface area contributed by atoms with Crippen molar-refractivity contribution in [3.63, 3.8) is 0 Å². The highest BCUT2D eigenvalue weighted by Gasteiger charge is 2.34. The molecule has 1 aliphatic carbocycles. The number of rotatable bonds is 10. The first-order valence-electron chi connectivity index (χ1n) is 12.1. The Labute approximate surface area is 215 Å². The number of hydrogen-bond donors (Lipinski definition) is 1. The Kier molecular flexibility index (Phi) is 7.53. The molecule has 0 heterocycles. The Bertz CT molecular complexity index is 1420. The van der Waals surface area contributed by atoms with E-state index in [2.05, 4.69) is 0 Å². The molecule has 0 saturated carbocycles. The molecule has 0 atom stereocenters. The number of ketones is 3. The summed E-state index contributed by atoms with van der Waals surface area (Å²) in [5.41, 5.74) is 3.64. The Morgan fingerprint density at radius 3 is 2.08 bits per heavy atom. The van der Waals surface area contributed by atoms with Gasteiger partial charge in [-0.25, -0.2) is 0 Å². The third kappa shape index (κ3) is 4.89. The minimum Gasteiger partial charge on any atom is -0.496 e. The van der Waals surface area contributed by atoms with Crippen LogP contribution in [0.15, 0.2) is 48.5 Å². The van der Waals surface area contributed by atoms with Gasteiger partial charge >= 0.3 is 5.97 Å². The fourth-order valence-electron chi connectivity index (χ4n) is 4.91. The van der Waals surface area contributed by atoms with Gasteiger partial charge in [-0.15, -0.1) is 0 Å². The van der Waals surface area contributed by atoms with Gasteiger partial charge in [-0.2, -0.15) is 0 Å². The highest BCUT2D eigenvalue weighted by molar-refractivity contribution is 6.29. The van der Waals surface area contributed by atoms with Crippen molar-refractivity contribution in [2.45, 2.75) is 39.0 Å². The van der Waals surface area contributed by atoms with E-state index in [0.717, 1.165) is 0 Å². The molecule has 7 heteroatoms. The van der Waals surface area contributed by atoms with Crippen LogP contribution in [0.4, 0.5) is 0 Å². The Balaban J connectivity index is 1.82. The van der Waals surface area contributed by atoms with Crippen molar-refractivity contribution in [2.75, 3.05) is 14.2 Å². The zero-order chi connectivity index (χ0) is 26.7. The van der Waals surface area contributed by atoms with E-state index >= 15 is 0 Å². The Morgan fingerprint density at radius 1 is 0.784 bits per heavy atom. The standard InChI is InChI=1S/C30H28O7/c1-17-21(15-22-18(11-8-13-25(22)36-2)24(31)12-6-7-14-27(32)33)28-23(16-26(17)37-3)29(34)19-9-4-5-10-20(19)30(28)35/h4-5,8-11,13,16H,6-7,12,14-15H2,1-3H3,(H,32,33). The average molecular weight is 501 g/mol. The minimum absolute atomic E-state index is 0.00496. The number of ether oxygens (including phenoxy) is 2. The second kappa shape index (κ2) is 10.8. The predicted octanol–water partition coefficient (Wildman–Crippen LogP) is 5.21. The summed E-state index contributed by atoms with van der Waals surface area (Å²) in [6.45, 7) is 1.83. The fourth-order valence-corrected chi connectivity index (χ4v) is 4.91. The van der Waals surface area contributed by atoms with Gasteiger partial charge in [-0.1, -0.05) is 36.4 Å². The Morgan fingerprint density at radius 2 is 1.43 bits per heavy atom. The molecule has 1 aliphatic rings. The highest BCUT2D eigenvalue weighted by atomic mass is 16.5. The molecular weight excluding hydrogens is 472 g/mol. The van der Waals surface area contributed by atoms with Gasteiger partial charge in [0.2, 0.25) is 0 Å². The van der Waals surface area contributed by atoms with Crippen LogP contribution in [0.1, 0.15) is 84.6 Å². The van der Waals surface area contributed by atoms with Crippen LogP contribution in [-0.4, -0.2) is 42.6 Å². The van der Waals surface area contributed by atoms with Crippen molar-refractivity contribution in [3.8, 4) is 11.5 Å². The van der Waals surface area contributed by atoms with Crippen LogP contribution in [0, 0.1) is 6.92 Å². The minimum atomic E-state index is -0.895. The summed E-state index contributed by atoms with van der Waals surface area (Å²) >= 11 is 0. The smallest absolute Gasteiger partial charge is 0.303 e. The van der Waals surface area contributed by atoms with Crippen LogP contribution in [-0.2, 0) is 11.2 Å². The number of carboxylic acid groups (broad SMARTS) is 1. The molecule has 0 saturated heterocycles. The maximum atomic E-state index is 13.7. The number of unbranched alkanes of at least 4 members (excludes halogenated alkanes) is 1. The van der Waals surface area contributed by atoms with Crippen LogP contribution >= 0.6 is 0 Å². The van der Waals surface area contributed by atoms with E-state index in [0.29, 0.717) is 63.3 Å². The van der Waals surface area contributed by atoms with Gasteiger partial charge in [0.25, 0.3) is 0 Å². The van der Waals surface area contributed by atoms with Crippen molar-refractivity contribution >= 4 is 23.3 Å². The lowest BCUT2D eigenvalue weighted by Gasteiger charge is -2.24. The SMILES string of the molecule is COc1cc2c(c(Cc3c(OC)cccc3C(=O)CCCCC(=O)O)c1C)C(=O)c1ccccc1C2=O. The first kappa shape index (κ1) is 25.8. The van der Waals surface area contributed by atoms with Crippen molar-refractivity contribution < 1.29 is 33.8 Å². The molecule has 0 bridgehead atoms. The van der Waals surface area contributed by atoms with Crippen molar-refractivity contribution in [3.05, 3.63) is 93.0 Å². The van der Waals surface area contributed by atoms with Crippen LogP contribution < -0.4 is 9.47 Å². The van der Waals surface area contributed by atoms with Gasteiger partial charge in [0.1, 0.15) is 11.5 Å². The fraction of sp³-hybridized carbons (Fsp3) is 0.267. The zero-order valence-corrected chi connectivity index (χ0v) is 21.1. The highest BCUT2D eigenvalue weighted by Crippen LogP contribution is 2.38. The van der Waals surface area contributed by atoms with Crippen LogP contribution in [0.25, 0.3) is 0 Å². The molecule has 3 aromatic carbocycles. The lowest BCUT2D eigenvalue weighted by atomic mass is 9.78. The molecular formula is C30H28O7. The lowest BCUT2D eigenvalue weighted by Crippen LogP contribution is -2.24. The van der Waals surface area contributed by atoms with Gasteiger partial charge < -0.3 is 14.6 Å². The number of Topliss-reactive ketones (excluding diaryl/α,β-unsaturated/α-hetero) is 1. The first-order chi connectivity index (χ1) is 17.8. The topological polar surface area (TPSA) is 107 Å². The summed E-state index contributed by atoms with van der Waals surface area (Å²) < 4.78 is 11.2. The summed E-state index contributed by atoms with van der Waals surface area (Å²) in [5, 5.41) is 8.88. The van der Waals surface area contributed by atoms with Crippen LogP contribution in [0.5, 0.6) is 11.5 Å². The molecule has 0 fully saturated rings. The van der Waals surface area contributed by atoms with Gasteiger partial charge in [0.05, 0.1) is 14.2 Å². The number of aliphatic carboxylic acids is 1. The molecule has 1 N–H and O–H groups in total. The van der Waals surface area contributed by atoms with Crippen molar-refractivity contribution in [1.82, 2.24) is 0 Å². The van der Waals surface area contributed by atoms with Crippen molar-refractivity contribution in [2.24, 2.45) is 0 Å². The molecule has 3 aromatic rings. The van der Waals surface area contributed by atoms with E-state index in [9.17, 15) is 19.2 Å². The number of carbonyl (C=O) groups excluding carboxylic acids is 3. The largest absolute Gasteiger partial charge is 0.496 e. The quantitative estimate of drug-likeness (QED) is 0.235. The number of carboxylic acids is 1. The molecule has 0 radical (unpaired) electrons. The molecule has 0 aliphatic heterocycles. The molecule has 7 nitrogen and oxygen atoms in total. The van der Waals surface area contributed by atoms with E-state index in [1.54, 1.807) is 48.5 Å². The van der Waals surface area contributed by atoms with E-state index in [-0.39, 0.29) is 42.2 Å². The zero-order valence-electron chi connectivity index (χ0n) is 21.1. The van der Waals surface area contributed by atoms with Crippen LogP contribution in [0.2, 0.25) is 0 Å². The second-order valence-electron chi connectivity index (χ2n) is 9.00. The van der Waals surface area contributed by atoms with Gasteiger partial charge in [0, 0.05) is 52.6 Å². The van der Waals surface area contributed by atoms with Gasteiger partial charge in [-0.3, -0.25) is 19.2 Å². The van der Waals surface area contributed by atoms with E-state index in [4.69, 9.17) is 14.6 Å². The molecule has 0 aromatic heterocycles. The van der Waals surface area contributed by atoms with E-state index in [1.165, 1.54) is 14.2 Å². The molecule has 0 amide bonds. The van der Waals surface area contributed by atoms with Gasteiger partial charge in [0.15, 0.2) is 17.3 Å². The number of benzene rings is 3. The first-order valence-corrected chi connectivity index (χ1v) is 12.1. The molecule has 190 valence electrons. The molecule has 0 spiro atoms. The third-order valence-electron chi connectivity index (χ3n) is 6.83. The third-order valence-corrected chi connectivity index (χ3v) is 6.83. The van der Waals surface area contributed by atoms with Crippen molar-refractivity contribution in [1.29, 1.82) is 0 Å². The lowest BCUT2D eigenvalue weighted by molar-refractivity contribution is -0.137. The summed E-state index contributed by atoms with van der Waals surface area (Å²) in [7, 11) is 3.02. The molecule has 0 unspecified atom stereocenters. The molecule has 4 rings (SSSR count).